The molecule has 0 spiro atoms. The smallest absolute Gasteiger partial charge is 0.324 e. The number of benzene rings is 1. The van der Waals surface area contributed by atoms with E-state index in [9.17, 15) is 18.3 Å². The first-order chi connectivity index (χ1) is 9.17. The molecule has 2 rings (SSSR count). The number of halogens is 2. The minimum atomic E-state index is -3.93. The fraction of sp³-hybridized carbons (Fsp3) is 0.417. The van der Waals surface area contributed by atoms with Gasteiger partial charge in [-0.25, -0.2) is 8.42 Å². The molecule has 1 aliphatic rings. The van der Waals surface area contributed by atoms with E-state index in [0.717, 1.165) is 0 Å². The van der Waals surface area contributed by atoms with Crippen molar-refractivity contribution in [2.24, 2.45) is 5.92 Å². The van der Waals surface area contributed by atoms with E-state index >= 15 is 0 Å². The number of aliphatic carboxylic acids is 1. The van der Waals surface area contributed by atoms with Crippen LogP contribution in [0.15, 0.2) is 27.6 Å². The van der Waals surface area contributed by atoms with E-state index in [1.807, 2.05) is 0 Å². The van der Waals surface area contributed by atoms with Crippen molar-refractivity contribution in [3.8, 4) is 0 Å². The fourth-order valence-corrected chi connectivity index (χ4v) is 4.04. The van der Waals surface area contributed by atoms with Gasteiger partial charge in [-0.15, -0.1) is 0 Å². The maximum Gasteiger partial charge on any atom is 0.324 e. The van der Waals surface area contributed by atoms with E-state index in [-0.39, 0.29) is 10.8 Å². The lowest BCUT2D eigenvalue weighted by molar-refractivity contribution is -0.144. The minimum absolute atomic E-state index is 0.0260. The Morgan fingerprint density at radius 2 is 2.10 bits per heavy atom. The highest BCUT2D eigenvalue weighted by Crippen LogP contribution is 2.40. The molecule has 1 atom stereocenters. The number of hydrogen-bond donors (Lipinski definition) is 2. The van der Waals surface area contributed by atoms with E-state index in [1.54, 1.807) is 0 Å². The lowest BCUT2D eigenvalue weighted by atomic mass is 9.98. The van der Waals surface area contributed by atoms with Crippen LogP contribution in [0.25, 0.3) is 0 Å². The number of carbonyl (C=O) groups is 1. The molecular weight excluding hydrogens is 370 g/mol. The summed E-state index contributed by atoms with van der Waals surface area (Å²) < 4.78 is 27.4. The van der Waals surface area contributed by atoms with Crippen molar-refractivity contribution in [3.05, 3.63) is 27.7 Å². The summed E-state index contributed by atoms with van der Waals surface area (Å²) in [5.41, 5.74) is -1.48. The first-order valence-electron chi connectivity index (χ1n) is 5.89. The van der Waals surface area contributed by atoms with Crippen molar-refractivity contribution in [1.29, 1.82) is 0 Å². The Hall–Kier alpha value is -0.630. The van der Waals surface area contributed by atoms with Gasteiger partial charge in [0.1, 0.15) is 5.54 Å². The van der Waals surface area contributed by atoms with Gasteiger partial charge in [0.2, 0.25) is 10.0 Å². The van der Waals surface area contributed by atoms with Crippen molar-refractivity contribution in [2.75, 3.05) is 0 Å². The second kappa shape index (κ2) is 5.29. The first kappa shape index (κ1) is 15.8. The molecule has 0 bridgehead atoms. The van der Waals surface area contributed by atoms with Crippen molar-refractivity contribution >= 4 is 43.5 Å². The molecule has 1 saturated carbocycles. The number of rotatable bonds is 5. The van der Waals surface area contributed by atoms with E-state index in [0.29, 0.717) is 22.3 Å². The quantitative estimate of drug-likeness (QED) is 0.820. The van der Waals surface area contributed by atoms with Crippen LogP contribution < -0.4 is 4.72 Å². The maximum absolute atomic E-state index is 12.3. The Bertz CT molecular complexity index is 659. The molecule has 1 fully saturated rings. The molecule has 0 aliphatic heterocycles. The van der Waals surface area contributed by atoms with Gasteiger partial charge in [-0.05, 0) is 59.8 Å². The van der Waals surface area contributed by atoms with Crippen LogP contribution in [0.4, 0.5) is 0 Å². The molecule has 0 saturated heterocycles. The Labute approximate surface area is 130 Å². The van der Waals surface area contributed by atoms with Crippen molar-refractivity contribution in [1.82, 2.24) is 4.72 Å². The molecule has 110 valence electrons. The number of carboxylic acid groups (broad SMARTS) is 1. The van der Waals surface area contributed by atoms with Gasteiger partial charge in [-0.3, -0.25) is 4.79 Å². The summed E-state index contributed by atoms with van der Waals surface area (Å²) >= 11 is 8.97. The van der Waals surface area contributed by atoms with Gasteiger partial charge in [0.25, 0.3) is 0 Å². The molecule has 0 aromatic heterocycles. The highest BCUT2D eigenvalue weighted by molar-refractivity contribution is 9.10. The Morgan fingerprint density at radius 3 is 2.55 bits per heavy atom. The monoisotopic (exact) mass is 381 g/mol. The van der Waals surface area contributed by atoms with Gasteiger partial charge in [-0.2, -0.15) is 4.72 Å². The summed E-state index contributed by atoms with van der Waals surface area (Å²) in [7, 11) is -3.93. The summed E-state index contributed by atoms with van der Waals surface area (Å²) in [6.07, 6.45) is 1.41. The standard InChI is InChI=1S/C12H13BrClNO4S/c1-12(11(16)17,7-2-3-7)15-20(18,19)8-4-5-10(14)9(13)6-8/h4-7,15H,2-3H2,1H3,(H,16,17). The van der Waals surface area contributed by atoms with E-state index in [2.05, 4.69) is 20.7 Å². The Balaban J connectivity index is 2.35. The summed E-state index contributed by atoms with van der Waals surface area (Å²) in [6.45, 7) is 1.40. The molecular formula is C12H13BrClNO4S. The number of hydrogen-bond acceptors (Lipinski definition) is 3. The maximum atomic E-state index is 12.3. The third-order valence-electron chi connectivity index (χ3n) is 3.39. The van der Waals surface area contributed by atoms with Crippen LogP contribution in [-0.4, -0.2) is 25.0 Å². The zero-order chi connectivity index (χ0) is 15.1. The first-order valence-corrected chi connectivity index (χ1v) is 8.54. The lowest BCUT2D eigenvalue weighted by Gasteiger charge is -2.25. The van der Waals surface area contributed by atoms with Gasteiger partial charge >= 0.3 is 5.97 Å². The summed E-state index contributed by atoms with van der Waals surface area (Å²) in [4.78, 5) is 11.3. The van der Waals surface area contributed by atoms with Crippen LogP contribution in [0.5, 0.6) is 0 Å². The van der Waals surface area contributed by atoms with Crippen molar-refractivity contribution in [3.63, 3.8) is 0 Å². The van der Waals surface area contributed by atoms with Crippen LogP contribution in [0.2, 0.25) is 5.02 Å². The number of nitrogens with one attached hydrogen (secondary N) is 1. The molecule has 1 unspecified atom stereocenters. The largest absolute Gasteiger partial charge is 0.480 e. The Kier molecular flexibility index (Phi) is 4.17. The van der Waals surface area contributed by atoms with E-state index in [1.165, 1.54) is 25.1 Å². The van der Waals surface area contributed by atoms with Gasteiger partial charge in [0, 0.05) is 4.47 Å². The average Bonchev–Trinajstić information content (AvgIpc) is 3.15. The molecule has 0 heterocycles. The molecule has 0 radical (unpaired) electrons. The van der Waals surface area contributed by atoms with Crippen LogP contribution >= 0.6 is 27.5 Å². The minimum Gasteiger partial charge on any atom is -0.480 e. The topological polar surface area (TPSA) is 83.5 Å². The second-order valence-corrected chi connectivity index (χ2v) is 7.91. The van der Waals surface area contributed by atoms with Gasteiger partial charge in [-0.1, -0.05) is 11.6 Å². The summed E-state index contributed by atoms with van der Waals surface area (Å²) in [5.74, 6) is -1.35. The van der Waals surface area contributed by atoms with Gasteiger partial charge in [0.05, 0.1) is 9.92 Å². The predicted molar refractivity (Wildman–Crippen MR) is 78.2 cm³/mol. The summed E-state index contributed by atoms with van der Waals surface area (Å²) in [6, 6.07) is 4.12. The molecule has 1 aromatic rings. The molecule has 0 amide bonds. The Morgan fingerprint density at radius 1 is 1.50 bits per heavy atom. The van der Waals surface area contributed by atoms with Crippen LogP contribution in [0.3, 0.4) is 0 Å². The van der Waals surface area contributed by atoms with Crippen molar-refractivity contribution < 1.29 is 18.3 Å². The van der Waals surface area contributed by atoms with Gasteiger partial charge < -0.3 is 5.11 Å². The summed E-state index contributed by atoms with van der Waals surface area (Å²) in [5, 5.41) is 9.68. The molecule has 5 nitrogen and oxygen atoms in total. The molecule has 20 heavy (non-hydrogen) atoms. The normalized spacial score (nSPS) is 18.6. The SMILES string of the molecule is CC(NS(=O)(=O)c1ccc(Cl)c(Br)c1)(C(=O)O)C1CC1. The third-order valence-corrected chi connectivity index (χ3v) is 6.17. The van der Waals surface area contributed by atoms with Gasteiger partial charge in [0.15, 0.2) is 0 Å². The lowest BCUT2D eigenvalue weighted by Crippen LogP contribution is -2.53. The number of sulfonamides is 1. The van der Waals surface area contributed by atoms with Crippen LogP contribution in [0, 0.1) is 5.92 Å². The zero-order valence-corrected chi connectivity index (χ0v) is 13.7. The van der Waals surface area contributed by atoms with Crippen LogP contribution in [-0.2, 0) is 14.8 Å². The molecule has 1 aliphatic carbocycles. The fourth-order valence-electron chi connectivity index (χ4n) is 1.94. The highest BCUT2D eigenvalue weighted by Gasteiger charge is 2.50. The highest BCUT2D eigenvalue weighted by atomic mass is 79.9. The molecule has 1 aromatic carbocycles. The predicted octanol–water partition coefficient (Wildman–Crippen LogP) is 2.63. The molecule has 2 N–H and O–H groups in total. The van der Waals surface area contributed by atoms with E-state index < -0.39 is 21.5 Å². The number of carboxylic acids is 1. The third kappa shape index (κ3) is 3.00. The van der Waals surface area contributed by atoms with E-state index in [4.69, 9.17) is 11.6 Å². The second-order valence-electron chi connectivity index (χ2n) is 4.96. The average molecular weight is 383 g/mol. The van der Waals surface area contributed by atoms with Crippen molar-refractivity contribution in [2.45, 2.75) is 30.2 Å². The molecule has 8 heteroatoms. The van der Waals surface area contributed by atoms with Crippen LogP contribution in [0.1, 0.15) is 19.8 Å². The zero-order valence-electron chi connectivity index (χ0n) is 10.6.